The van der Waals surface area contributed by atoms with E-state index in [1.807, 2.05) is 30.3 Å². The van der Waals surface area contributed by atoms with Gasteiger partial charge in [0.2, 0.25) is 0 Å². The third-order valence-electron chi connectivity index (χ3n) is 4.76. The number of hydrogen-bond acceptors (Lipinski definition) is 6. The van der Waals surface area contributed by atoms with Crippen LogP contribution in [0.4, 0.5) is 0 Å². The molecule has 0 aliphatic carbocycles. The molecule has 6 rings (SSSR count). The number of imidazole rings is 1. The van der Waals surface area contributed by atoms with E-state index in [4.69, 9.17) is 9.97 Å². The Balaban J connectivity index is 1.54. The fourth-order valence-electron chi connectivity index (χ4n) is 3.38. The molecule has 0 fully saturated rings. The summed E-state index contributed by atoms with van der Waals surface area (Å²) in [7, 11) is 0. The Labute approximate surface area is 163 Å². The maximum Gasteiger partial charge on any atom is 0.161 e. The van der Waals surface area contributed by atoms with Crippen molar-refractivity contribution >= 4 is 22.1 Å². The smallest absolute Gasteiger partial charge is 0.161 e. The molecule has 9 heteroatoms. The van der Waals surface area contributed by atoms with Crippen LogP contribution in [-0.4, -0.2) is 45.3 Å². The van der Waals surface area contributed by atoms with E-state index in [9.17, 15) is 0 Å². The number of nitrogens with zero attached hydrogens (tertiary/aromatic N) is 6. The van der Waals surface area contributed by atoms with Crippen LogP contribution in [0.1, 0.15) is 0 Å². The largest absolute Gasteiger partial charge is 0.336 e. The van der Waals surface area contributed by atoms with E-state index < -0.39 is 0 Å². The van der Waals surface area contributed by atoms with Crippen molar-refractivity contribution in [3.8, 4) is 34.0 Å². The summed E-state index contributed by atoms with van der Waals surface area (Å²) in [5, 5.41) is 14.3. The maximum atomic E-state index is 4.79. The normalized spacial score (nSPS) is 11.4. The highest BCUT2D eigenvalue weighted by molar-refractivity contribution is 5.94. The molecular formula is C20H13N9. The monoisotopic (exact) mass is 379 g/mol. The fourth-order valence-corrected chi connectivity index (χ4v) is 3.38. The fraction of sp³-hybridized carbons (Fsp3) is 0. The SMILES string of the molecule is c1cncc(-c2nccc3[nH]c(-c4n[nH]c5ccc(-c6cn[nH]c6)nc45)nc23)c1. The van der Waals surface area contributed by atoms with Crippen LogP contribution in [0.25, 0.3) is 56.1 Å². The molecule has 0 atom stereocenters. The number of hydrogen-bond donors (Lipinski definition) is 3. The Kier molecular flexibility index (Phi) is 3.27. The van der Waals surface area contributed by atoms with E-state index >= 15 is 0 Å². The zero-order valence-corrected chi connectivity index (χ0v) is 15.0. The first-order chi connectivity index (χ1) is 14.4. The van der Waals surface area contributed by atoms with E-state index in [2.05, 4.69) is 35.3 Å². The van der Waals surface area contributed by atoms with Crippen LogP contribution < -0.4 is 0 Å². The summed E-state index contributed by atoms with van der Waals surface area (Å²) in [6.45, 7) is 0. The Morgan fingerprint density at radius 1 is 0.793 bits per heavy atom. The number of aromatic nitrogens is 9. The molecule has 0 radical (unpaired) electrons. The van der Waals surface area contributed by atoms with Gasteiger partial charge in [-0.15, -0.1) is 0 Å². The van der Waals surface area contributed by atoms with E-state index in [0.29, 0.717) is 11.5 Å². The predicted octanol–water partition coefficient (Wildman–Crippen LogP) is 3.35. The van der Waals surface area contributed by atoms with E-state index in [1.165, 1.54) is 0 Å². The molecule has 6 aromatic rings. The maximum absolute atomic E-state index is 4.79. The first-order valence-electron chi connectivity index (χ1n) is 8.96. The number of aromatic amines is 3. The Morgan fingerprint density at radius 3 is 2.62 bits per heavy atom. The summed E-state index contributed by atoms with van der Waals surface area (Å²) in [4.78, 5) is 21.6. The van der Waals surface area contributed by atoms with Crippen molar-refractivity contribution in [2.45, 2.75) is 0 Å². The van der Waals surface area contributed by atoms with Crippen molar-refractivity contribution in [2.75, 3.05) is 0 Å². The first-order valence-corrected chi connectivity index (χ1v) is 8.96. The van der Waals surface area contributed by atoms with Gasteiger partial charge in [0.25, 0.3) is 0 Å². The molecule has 0 unspecified atom stereocenters. The van der Waals surface area contributed by atoms with Gasteiger partial charge in [-0.2, -0.15) is 10.2 Å². The molecule has 0 aromatic carbocycles. The average molecular weight is 379 g/mol. The van der Waals surface area contributed by atoms with Gasteiger partial charge in [0, 0.05) is 35.9 Å². The zero-order chi connectivity index (χ0) is 19.2. The molecule has 0 saturated carbocycles. The average Bonchev–Trinajstić information content (AvgIpc) is 3.52. The molecule has 0 aliphatic rings. The van der Waals surface area contributed by atoms with E-state index in [0.717, 1.165) is 44.6 Å². The van der Waals surface area contributed by atoms with Crippen LogP contribution in [0.3, 0.4) is 0 Å². The third-order valence-corrected chi connectivity index (χ3v) is 4.76. The minimum atomic E-state index is 0.626. The zero-order valence-electron chi connectivity index (χ0n) is 15.0. The summed E-state index contributed by atoms with van der Waals surface area (Å²) in [5.74, 6) is 0.626. The minimum absolute atomic E-state index is 0.626. The van der Waals surface area contributed by atoms with Crippen LogP contribution in [-0.2, 0) is 0 Å². The van der Waals surface area contributed by atoms with Crippen LogP contribution in [0.2, 0.25) is 0 Å². The lowest BCUT2D eigenvalue weighted by Gasteiger charge is -1.99. The van der Waals surface area contributed by atoms with Crippen LogP contribution in [0.5, 0.6) is 0 Å². The second-order valence-corrected chi connectivity index (χ2v) is 6.53. The molecule has 0 bridgehead atoms. The Hall–Kier alpha value is -4.40. The van der Waals surface area contributed by atoms with E-state index in [-0.39, 0.29) is 0 Å². The van der Waals surface area contributed by atoms with Crippen LogP contribution >= 0.6 is 0 Å². The Morgan fingerprint density at radius 2 is 1.76 bits per heavy atom. The highest BCUT2D eigenvalue weighted by Gasteiger charge is 2.17. The molecule has 0 spiro atoms. The number of H-pyrrole nitrogens is 3. The molecule has 9 nitrogen and oxygen atoms in total. The quantitative estimate of drug-likeness (QED) is 0.433. The predicted molar refractivity (Wildman–Crippen MR) is 108 cm³/mol. The molecule has 3 N–H and O–H groups in total. The lowest BCUT2D eigenvalue weighted by molar-refractivity contribution is 1.09. The standard InChI is InChI=1S/C20H13N9/c1-2-11(8-21-6-1)16-17-14(5-7-22-16)26-20(27-17)19-18-15(28-29-19)4-3-13(25-18)12-9-23-24-10-12/h1-10H,(H,23,24)(H,26,27)(H,28,29). The first kappa shape index (κ1) is 15.6. The highest BCUT2D eigenvalue weighted by Crippen LogP contribution is 2.30. The molecule has 0 aliphatic heterocycles. The Bertz CT molecular complexity index is 1450. The van der Waals surface area contributed by atoms with Crippen LogP contribution in [0.15, 0.2) is 61.3 Å². The summed E-state index contributed by atoms with van der Waals surface area (Å²) < 4.78 is 0. The van der Waals surface area contributed by atoms with Gasteiger partial charge in [-0.1, -0.05) is 0 Å². The summed E-state index contributed by atoms with van der Waals surface area (Å²) >= 11 is 0. The molecule has 29 heavy (non-hydrogen) atoms. The van der Waals surface area contributed by atoms with Crippen molar-refractivity contribution in [1.29, 1.82) is 0 Å². The van der Waals surface area contributed by atoms with Gasteiger partial charge < -0.3 is 4.98 Å². The van der Waals surface area contributed by atoms with Crippen LogP contribution in [0, 0.1) is 0 Å². The lowest BCUT2D eigenvalue weighted by Crippen LogP contribution is -1.87. The topological polar surface area (TPSA) is 125 Å². The molecular weight excluding hydrogens is 366 g/mol. The van der Waals surface area contributed by atoms with Gasteiger partial charge in [-0.05, 0) is 30.3 Å². The highest BCUT2D eigenvalue weighted by atomic mass is 15.2. The summed E-state index contributed by atoms with van der Waals surface area (Å²) in [6, 6.07) is 9.62. The van der Waals surface area contributed by atoms with Crippen molar-refractivity contribution < 1.29 is 0 Å². The number of nitrogens with one attached hydrogen (secondary N) is 3. The second kappa shape index (κ2) is 6.06. The number of fused-ring (bicyclic) bond motifs is 2. The molecule has 138 valence electrons. The second-order valence-electron chi connectivity index (χ2n) is 6.53. The summed E-state index contributed by atoms with van der Waals surface area (Å²) in [6.07, 6.45) is 8.81. The van der Waals surface area contributed by atoms with Gasteiger partial charge in [-0.25, -0.2) is 9.97 Å². The minimum Gasteiger partial charge on any atom is -0.336 e. The van der Waals surface area contributed by atoms with Gasteiger partial charge in [0.1, 0.15) is 11.0 Å². The summed E-state index contributed by atoms with van der Waals surface area (Å²) in [5.41, 5.74) is 7.24. The molecule has 0 amide bonds. The van der Waals surface area contributed by atoms with Gasteiger partial charge in [0.15, 0.2) is 11.5 Å². The van der Waals surface area contributed by atoms with Gasteiger partial charge in [0.05, 0.1) is 28.6 Å². The number of pyridine rings is 3. The number of rotatable bonds is 3. The van der Waals surface area contributed by atoms with Crippen molar-refractivity contribution in [1.82, 2.24) is 45.3 Å². The van der Waals surface area contributed by atoms with Crippen molar-refractivity contribution in [3.63, 3.8) is 0 Å². The molecule has 0 saturated heterocycles. The third kappa shape index (κ3) is 2.48. The van der Waals surface area contributed by atoms with E-state index in [1.54, 1.807) is 31.0 Å². The molecule has 6 aromatic heterocycles. The van der Waals surface area contributed by atoms with Gasteiger partial charge in [-0.3, -0.25) is 20.2 Å². The van der Waals surface area contributed by atoms with Crippen molar-refractivity contribution in [3.05, 3.63) is 61.3 Å². The lowest BCUT2D eigenvalue weighted by atomic mass is 10.1. The molecule has 6 heterocycles. The van der Waals surface area contributed by atoms with Crippen molar-refractivity contribution in [2.24, 2.45) is 0 Å². The van der Waals surface area contributed by atoms with Gasteiger partial charge >= 0.3 is 0 Å².